The SMILES string of the molecule is N#Cc1ccc(-c2ccc(NC(=O)c3cc(N)cc(C(=O)Nc4ccc(-c5ccc(C#N)cc5)cc4)c3)cc2)cc1. The molecule has 7 nitrogen and oxygen atoms in total. The van der Waals surface area contributed by atoms with Crippen LogP contribution in [-0.4, -0.2) is 11.8 Å². The maximum Gasteiger partial charge on any atom is 0.255 e. The molecule has 0 saturated carbocycles. The van der Waals surface area contributed by atoms with E-state index in [0.29, 0.717) is 22.5 Å². The van der Waals surface area contributed by atoms with Crippen LogP contribution in [0.4, 0.5) is 17.1 Å². The van der Waals surface area contributed by atoms with Crippen LogP contribution in [0.5, 0.6) is 0 Å². The molecule has 41 heavy (non-hydrogen) atoms. The molecule has 0 unspecified atom stereocenters. The van der Waals surface area contributed by atoms with Crippen LogP contribution in [0, 0.1) is 22.7 Å². The number of hydrogen-bond donors (Lipinski definition) is 3. The zero-order chi connectivity index (χ0) is 28.8. The summed E-state index contributed by atoms with van der Waals surface area (Å²) >= 11 is 0. The van der Waals surface area contributed by atoms with Crippen LogP contribution >= 0.6 is 0 Å². The summed E-state index contributed by atoms with van der Waals surface area (Å²) in [7, 11) is 0. The molecule has 5 aromatic carbocycles. The standard InChI is InChI=1S/C34H23N5O2/c35-20-22-1-5-24(6-2-22)26-9-13-31(14-10-26)38-33(40)28-17-29(19-30(37)18-28)34(41)39-32-15-11-27(12-16-32)25-7-3-23(21-36)4-8-25/h1-19H,37H2,(H,38,40)(H,39,41). The van der Waals surface area contributed by atoms with E-state index in [9.17, 15) is 9.59 Å². The fourth-order valence-electron chi connectivity index (χ4n) is 4.29. The minimum absolute atomic E-state index is 0.252. The summed E-state index contributed by atoms with van der Waals surface area (Å²) in [6.45, 7) is 0. The number of amides is 2. The van der Waals surface area contributed by atoms with Crippen molar-refractivity contribution >= 4 is 28.9 Å². The molecule has 0 aliphatic rings. The fraction of sp³-hybridized carbons (Fsp3) is 0. The number of carbonyl (C=O) groups excluding carboxylic acids is 2. The summed E-state index contributed by atoms with van der Waals surface area (Å²) in [5.74, 6) is -0.798. The molecule has 7 heteroatoms. The number of nitrogens with zero attached hydrogens (tertiary/aromatic N) is 2. The maximum atomic E-state index is 13.0. The van der Waals surface area contributed by atoms with E-state index < -0.39 is 11.8 Å². The van der Waals surface area contributed by atoms with Gasteiger partial charge in [0.1, 0.15) is 0 Å². The van der Waals surface area contributed by atoms with Gasteiger partial charge in [0.25, 0.3) is 11.8 Å². The normalized spacial score (nSPS) is 10.2. The number of carbonyl (C=O) groups is 2. The van der Waals surface area contributed by atoms with Crippen LogP contribution in [0.3, 0.4) is 0 Å². The van der Waals surface area contributed by atoms with Crippen molar-refractivity contribution in [1.29, 1.82) is 10.5 Å². The van der Waals surface area contributed by atoms with Crippen molar-refractivity contribution < 1.29 is 9.59 Å². The van der Waals surface area contributed by atoms with Gasteiger partial charge in [-0.3, -0.25) is 9.59 Å². The Labute approximate surface area is 237 Å². The van der Waals surface area contributed by atoms with Crippen molar-refractivity contribution in [3.63, 3.8) is 0 Å². The number of benzene rings is 5. The highest BCUT2D eigenvalue weighted by molar-refractivity contribution is 6.09. The molecule has 2 amide bonds. The second-order valence-corrected chi connectivity index (χ2v) is 9.28. The van der Waals surface area contributed by atoms with Crippen molar-refractivity contribution in [2.45, 2.75) is 0 Å². The maximum absolute atomic E-state index is 13.0. The lowest BCUT2D eigenvalue weighted by atomic mass is 10.0. The number of nitrogens with two attached hydrogens (primary N) is 1. The van der Waals surface area contributed by atoms with Crippen LogP contribution < -0.4 is 16.4 Å². The van der Waals surface area contributed by atoms with E-state index in [1.54, 1.807) is 48.5 Å². The summed E-state index contributed by atoms with van der Waals surface area (Å²) in [5, 5.41) is 23.6. The number of rotatable bonds is 6. The second-order valence-electron chi connectivity index (χ2n) is 9.28. The quantitative estimate of drug-likeness (QED) is 0.205. The number of nitrogens with one attached hydrogen (secondary N) is 2. The summed E-state index contributed by atoms with van der Waals surface area (Å²) in [6, 6.07) is 37.9. The lowest BCUT2D eigenvalue weighted by Crippen LogP contribution is -2.16. The Morgan fingerprint density at radius 2 is 0.829 bits per heavy atom. The Balaban J connectivity index is 1.25. The summed E-state index contributed by atoms with van der Waals surface area (Å²) in [4.78, 5) is 26.0. The highest BCUT2D eigenvalue weighted by Crippen LogP contribution is 2.24. The Hall–Kier alpha value is -6.18. The van der Waals surface area contributed by atoms with Gasteiger partial charge in [-0.25, -0.2) is 0 Å². The highest BCUT2D eigenvalue weighted by atomic mass is 16.2. The molecule has 0 aliphatic heterocycles. The molecule has 0 radical (unpaired) electrons. The molecule has 0 fully saturated rings. The van der Waals surface area contributed by atoms with Crippen LogP contribution in [0.2, 0.25) is 0 Å². The topological polar surface area (TPSA) is 132 Å². The lowest BCUT2D eigenvalue weighted by Gasteiger charge is -2.11. The van der Waals surface area contributed by atoms with E-state index in [2.05, 4.69) is 22.8 Å². The van der Waals surface area contributed by atoms with Gasteiger partial charge in [-0.1, -0.05) is 48.5 Å². The van der Waals surface area contributed by atoms with Crippen molar-refractivity contribution in [3.8, 4) is 34.4 Å². The molecular formula is C34H23N5O2. The van der Waals surface area contributed by atoms with Crippen LogP contribution in [0.15, 0.2) is 115 Å². The van der Waals surface area contributed by atoms with Crippen molar-refractivity contribution in [2.24, 2.45) is 0 Å². The molecule has 5 aromatic rings. The van der Waals surface area contributed by atoms with Gasteiger partial charge in [0.15, 0.2) is 0 Å². The summed E-state index contributed by atoms with van der Waals surface area (Å²) in [6.07, 6.45) is 0. The van der Waals surface area contributed by atoms with Gasteiger partial charge < -0.3 is 16.4 Å². The highest BCUT2D eigenvalue weighted by Gasteiger charge is 2.14. The molecule has 0 spiro atoms. The van der Waals surface area contributed by atoms with Crippen molar-refractivity contribution in [3.05, 3.63) is 138 Å². The smallest absolute Gasteiger partial charge is 0.255 e. The van der Waals surface area contributed by atoms with Crippen molar-refractivity contribution in [1.82, 2.24) is 0 Å². The van der Waals surface area contributed by atoms with Gasteiger partial charge in [-0.2, -0.15) is 10.5 Å². The minimum atomic E-state index is -0.399. The van der Waals surface area contributed by atoms with Crippen LogP contribution in [0.25, 0.3) is 22.3 Å². The van der Waals surface area contributed by atoms with Gasteiger partial charge in [0.05, 0.1) is 23.3 Å². The first-order valence-corrected chi connectivity index (χ1v) is 12.7. The monoisotopic (exact) mass is 533 g/mol. The lowest BCUT2D eigenvalue weighted by molar-refractivity contribution is 0.102. The molecule has 196 valence electrons. The average molecular weight is 534 g/mol. The third-order valence-corrected chi connectivity index (χ3v) is 6.46. The molecule has 0 aliphatic carbocycles. The Bertz CT molecular complexity index is 1680. The zero-order valence-electron chi connectivity index (χ0n) is 21.8. The zero-order valence-corrected chi connectivity index (χ0v) is 21.8. The fourth-order valence-corrected chi connectivity index (χ4v) is 4.29. The number of nitriles is 2. The first-order valence-electron chi connectivity index (χ1n) is 12.7. The van der Waals surface area contributed by atoms with Crippen LogP contribution in [-0.2, 0) is 0 Å². The third kappa shape index (κ3) is 6.28. The predicted molar refractivity (Wildman–Crippen MR) is 160 cm³/mol. The molecule has 0 atom stereocenters. The summed E-state index contributed by atoms with van der Waals surface area (Å²) in [5.41, 5.74) is 13.0. The molecular weight excluding hydrogens is 510 g/mol. The number of anilines is 3. The predicted octanol–water partition coefficient (Wildman–Crippen LogP) is 6.85. The largest absolute Gasteiger partial charge is 0.399 e. The molecule has 4 N–H and O–H groups in total. The number of hydrogen-bond acceptors (Lipinski definition) is 5. The van der Waals surface area contributed by atoms with Gasteiger partial charge in [0.2, 0.25) is 0 Å². The molecule has 5 rings (SSSR count). The molecule has 0 aromatic heterocycles. The Morgan fingerprint density at radius 1 is 0.512 bits per heavy atom. The Kier molecular flexibility index (Phi) is 7.54. The van der Waals surface area contributed by atoms with Crippen molar-refractivity contribution in [2.75, 3.05) is 16.4 Å². The van der Waals surface area contributed by atoms with Gasteiger partial charge in [-0.15, -0.1) is 0 Å². The van der Waals surface area contributed by atoms with E-state index in [-0.39, 0.29) is 16.8 Å². The summed E-state index contributed by atoms with van der Waals surface area (Å²) < 4.78 is 0. The van der Waals surface area contributed by atoms with Gasteiger partial charge in [0, 0.05) is 28.2 Å². The first-order chi connectivity index (χ1) is 19.9. The molecule has 0 bridgehead atoms. The van der Waals surface area contributed by atoms with E-state index in [4.69, 9.17) is 16.3 Å². The van der Waals surface area contributed by atoms with E-state index >= 15 is 0 Å². The molecule has 0 heterocycles. The first kappa shape index (κ1) is 26.4. The van der Waals surface area contributed by atoms with Gasteiger partial charge >= 0.3 is 0 Å². The number of nitrogen functional groups attached to an aromatic ring is 1. The van der Waals surface area contributed by atoms with E-state index in [1.165, 1.54) is 18.2 Å². The third-order valence-electron chi connectivity index (χ3n) is 6.46. The Morgan fingerprint density at radius 3 is 1.15 bits per heavy atom. The average Bonchev–Trinajstić information content (AvgIpc) is 3.01. The van der Waals surface area contributed by atoms with Crippen LogP contribution in [0.1, 0.15) is 31.8 Å². The van der Waals surface area contributed by atoms with E-state index in [0.717, 1.165) is 22.3 Å². The second kappa shape index (κ2) is 11.7. The van der Waals surface area contributed by atoms with Gasteiger partial charge in [-0.05, 0) is 89.0 Å². The molecule has 0 saturated heterocycles. The van der Waals surface area contributed by atoms with E-state index in [1.807, 2.05) is 48.5 Å². The minimum Gasteiger partial charge on any atom is -0.399 e.